The predicted octanol–water partition coefficient (Wildman–Crippen LogP) is 4.38. The first-order valence-electron chi connectivity index (χ1n) is 9.41. The number of carbonyl (C=O) groups excluding carboxylic acids is 1. The molecule has 0 spiro atoms. The molecule has 0 aliphatic rings. The lowest BCUT2D eigenvalue weighted by Gasteiger charge is -2.07. The molecule has 29 heavy (non-hydrogen) atoms. The van der Waals surface area contributed by atoms with Gasteiger partial charge in [0.25, 0.3) is 5.89 Å². The fraction of sp³-hybridized carbons (Fsp3) is 0.286. The maximum Gasteiger partial charge on any atom is 0.258 e. The molecule has 0 fully saturated rings. The Morgan fingerprint density at radius 1 is 1.07 bits per heavy atom. The minimum Gasteiger partial charge on any atom is -0.494 e. The van der Waals surface area contributed by atoms with Gasteiger partial charge in [0.05, 0.1) is 6.61 Å². The molecular weight excluding hydrogens is 377 g/mol. The van der Waals surface area contributed by atoms with Gasteiger partial charge in [-0.3, -0.25) is 10.0 Å². The van der Waals surface area contributed by atoms with Crippen LogP contribution in [0.3, 0.4) is 0 Å². The smallest absolute Gasteiger partial charge is 0.258 e. The van der Waals surface area contributed by atoms with E-state index in [9.17, 15) is 9.18 Å². The Morgan fingerprint density at radius 2 is 1.86 bits per heavy atom. The summed E-state index contributed by atoms with van der Waals surface area (Å²) in [7, 11) is 0. The Bertz CT molecular complexity index is 928. The van der Waals surface area contributed by atoms with Crippen LogP contribution < -0.4 is 10.2 Å². The molecule has 0 atom stereocenters. The number of amides is 1. The summed E-state index contributed by atoms with van der Waals surface area (Å²) in [4.78, 5) is 15.3. The Labute approximate surface area is 167 Å². The van der Waals surface area contributed by atoms with E-state index >= 15 is 0 Å². The van der Waals surface area contributed by atoms with Crippen molar-refractivity contribution in [2.75, 3.05) is 6.61 Å². The number of nitrogens with one attached hydrogen (secondary N) is 1. The van der Waals surface area contributed by atoms with Crippen LogP contribution in [0.2, 0.25) is 0 Å². The molecule has 0 unspecified atom stereocenters. The molecule has 1 heterocycles. The lowest BCUT2D eigenvalue weighted by atomic mass is 10.1. The van der Waals surface area contributed by atoms with Crippen LogP contribution in [0, 0.1) is 5.82 Å². The second-order valence-electron chi connectivity index (χ2n) is 6.51. The minimum absolute atomic E-state index is 0.321. The fourth-order valence-electron chi connectivity index (χ4n) is 2.76. The Morgan fingerprint density at radius 3 is 2.66 bits per heavy atom. The molecule has 152 valence electrons. The molecule has 2 N–H and O–H groups in total. The summed E-state index contributed by atoms with van der Waals surface area (Å²) in [6.07, 6.45) is 3.74. The number of nitrogens with zero attached hydrogens (tertiary/aromatic N) is 2. The summed E-state index contributed by atoms with van der Waals surface area (Å²) in [6, 6.07) is 13.3. The van der Waals surface area contributed by atoms with Crippen molar-refractivity contribution in [1.82, 2.24) is 15.6 Å². The normalized spacial score (nSPS) is 10.7. The van der Waals surface area contributed by atoms with Crippen molar-refractivity contribution in [2.45, 2.75) is 32.1 Å². The van der Waals surface area contributed by atoms with Gasteiger partial charge in [-0.25, -0.2) is 9.87 Å². The van der Waals surface area contributed by atoms with Crippen LogP contribution in [0.25, 0.3) is 22.8 Å². The van der Waals surface area contributed by atoms with Gasteiger partial charge in [0.1, 0.15) is 11.6 Å². The van der Waals surface area contributed by atoms with E-state index < -0.39 is 0 Å². The maximum absolute atomic E-state index is 13.0. The van der Waals surface area contributed by atoms with E-state index in [2.05, 4.69) is 10.1 Å². The molecule has 8 heteroatoms. The maximum atomic E-state index is 13.0. The largest absolute Gasteiger partial charge is 0.494 e. The fourth-order valence-corrected chi connectivity index (χ4v) is 2.76. The third-order valence-electron chi connectivity index (χ3n) is 4.30. The van der Waals surface area contributed by atoms with Crippen LogP contribution in [0.15, 0.2) is 53.1 Å². The average molecular weight is 399 g/mol. The summed E-state index contributed by atoms with van der Waals surface area (Å²) < 4.78 is 24.1. The van der Waals surface area contributed by atoms with Crippen LogP contribution in [-0.2, 0) is 4.79 Å². The van der Waals surface area contributed by atoms with E-state index in [0.29, 0.717) is 36.1 Å². The van der Waals surface area contributed by atoms with Crippen molar-refractivity contribution in [2.24, 2.45) is 0 Å². The molecule has 1 aromatic heterocycles. The number of carbonyl (C=O) groups is 1. The molecule has 2 aromatic carbocycles. The second-order valence-corrected chi connectivity index (χ2v) is 6.51. The number of hydrogen-bond acceptors (Lipinski definition) is 6. The van der Waals surface area contributed by atoms with Gasteiger partial charge in [-0.1, -0.05) is 24.1 Å². The second kappa shape index (κ2) is 10.3. The van der Waals surface area contributed by atoms with Gasteiger partial charge in [-0.15, -0.1) is 0 Å². The molecule has 0 aliphatic heterocycles. The zero-order chi connectivity index (χ0) is 20.5. The number of halogens is 1. The van der Waals surface area contributed by atoms with E-state index in [1.807, 2.05) is 24.3 Å². The van der Waals surface area contributed by atoms with Gasteiger partial charge < -0.3 is 9.26 Å². The molecule has 3 rings (SSSR count). The number of hydroxylamine groups is 1. The average Bonchev–Trinajstić information content (AvgIpc) is 3.24. The van der Waals surface area contributed by atoms with E-state index in [1.54, 1.807) is 17.6 Å². The van der Waals surface area contributed by atoms with Gasteiger partial charge in [0.15, 0.2) is 0 Å². The van der Waals surface area contributed by atoms with Crippen LogP contribution in [0.1, 0.15) is 32.1 Å². The minimum atomic E-state index is -0.360. The van der Waals surface area contributed by atoms with E-state index in [0.717, 1.165) is 31.2 Å². The third kappa shape index (κ3) is 6.11. The highest BCUT2D eigenvalue weighted by molar-refractivity contribution is 5.74. The Kier molecular flexibility index (Phi) is 7.29. The first-order chi connectivity index (χ1) is 14.2. The van der Waals surface area contributed by atoms with Gasteiger partial charge in [-0.2, -0.15) is 4.98 Å². The molecule has 0 aliphatic carbocycles. The van der Waals surface area contributed by atoms with Crippen LogP contribution in [0.4, 0.5) is 4.39 Å². The highest BCUT2D eigenvalue weighted by Crippen LogP contribution is 2.25. The van der Waals surface area contributed by atoms with Crippen LogP contribution >= 0.6 is 0 Å². The number of benzene rings is 2. The molecule has 7 nitrogen and oxygen atoms in total. The van der Waals surface area contributed by atoms with Crippen molar-refractivity contribution in [3.63, 3.8) is 0 Å². The SMILES string of the molecule is O=C(CCCCCCOc1cccc(-c2nc(-c3ccc(F)cc3)no2)c1)NO. The highest BCUT2D eigenvalue weighted by Gasteiger charge is 2.11. The molecule has 0 radical (unpaired) electrons. The van der Waals surface area contributed by atoms with Crippen LogP contribution in [-0.4, -0.2) is 27.9 Å². The molecule has 0 bridgehead atoms. The van der Waals surface area contributed by atoms with Crippen molar-refractivity contribution >= 4 is 5.91 Å². The van der Waals surface area contributed by atoms with Crippen molar-refractivity contribution < 1.29 is 23.7 Å². The Hall–Kier alpha value is -3.26. The molecule has 0 saturated carbocycles. The molecule has 1 amide bonds. The summed E-state index contributed by atoms with van der Waals surface area (Å²) in [5.74, 6) is 0.765. The van der Waals surface area contributed by atoms with Crippen molar-refractivity contribution in [3.05, 3.63) is 54.3 Å². The topological polar surface area (TPSA) is 97.5 Å². The van der Waals surface area contributed by atoms with Crippen LogP contribution in [0.5, 0.6) is 5.75 Å². The lowest BCUT2D eigenvalue weighted by molar-refractivity contribution is -0.129. The van der Waals surface area contributed by atoms with E-state index in [4.69, 9.17) is 14.5 Å². The first-order valence-corrected chi connectivity index (χ1v) is 9.41. The van der Waals surface area contributed by atoms with E-state index in [1.165, 1.54) is 12.1 Å². The summed E-state index contributed by atoms with van der Waals surface area (Å²) in [5.41, 5.74) is 3.03. The number of hydrogen-bond donors (Lipinski definition) is 2. The quantitative estimate of drug-likeness (QED) is 0.298. The lowest BCUT2D eigenvalue weighted by Crippen LogP contribution is -2.17. The van der Waals surface area contributed by atoms with Crippen molar-refractivity contribution in [1.29, 1.82) is 0 Å². The third-order valence-corrected chi connectivity index (χ3v) is 4.30. The monoisotopic (exact) mass is 399 g/mol. The molecule has 3 aromatic rings. The standard InChI is InChI=1S/C21H22FN3O4/c22-17-11-9-15(10-12-17)20-23-21(29-25-20)16-6-5-7-18(14-16)28-13-4-2-1-3-8-19(26)24-27/h5-7,9-12,14,27H,1-4,8,13H2,(H,24,26). The van der Waals surface area contributed by atoms with Gasteiger partial charge in [-0.05, 0) is 55.3 Å². The number of aromatic nitrogens is 2. The predicted molar refractivity (Wildman–Crippen MR) is 104 cm³/mol. The summed E-state index contributed by atoms with van der Waals surface area (Å²) in [6.45, 7) is 0.556. The molecular formula is C21H22FN3O4. The van der Waals surface area contributed by atoms with Gasteiger partial charge in [0.2, 0.25) is 11.7 Å². The van der Waals surface area contributed by atoms with Crippen molar-refractivity contribution in [3.8, 4) is 28.6 Å². The summed E-state index contributed by atoms with van der Waals surface area (Å²) in [5, 5.41) is 12.4. The summed E-state index contributed by atoms with van der Waals surface area (Å²) >= 11 is 0. The van der Waals surface area contributed by atoms with Gasteiger partial charge >= 0.3 is 0 Å². The highest BCUT2D eigenvalue weighted by atomic mass is 19.1. The first kappa shape index (κ1) is 20.5. The number of unbranched alkanes of at least 4 members (excludes halogenated alkanes) is 3. The molecule has 0 saturated heterocycles. The zero-order valence-electron chi connectivity index (χ0n) is 15.8. The zero-order valence-corrected chi connectivity index (χ0v) is 15.8. The Balaban J connectivity index is 1.50. The number of rotatable bonds is 10. The van der Waals surface area contributed by atoms with Gasteiger partial charge in [0, 0.05) is 17.5 Å². The van der Waals surface area contributed by atoms with E-state index in [-0.39, 0.29) is 11.7 Å². The number of ether oxygens (including phenoxy) is 1.